The number of carboxylic acids is 1. The Morgan fingerprint density at radius 3 is 2.06 bits per heavy atom. The minimum absolute atomic E-state index is 0. The number of nitrogens with two attached hydrogens (primary N) is 1. The number of carbonyl (C=O) groups excluding carboxylic acids is 2. The lowest BCUT2D eigenvalue weighted by Crippen LogP contribution is -2.43. The summed E-state index contributed by atoms with van der Waals surface area (Å²) in [7, 11) is 3.05. The van der Waals surface area contributed by atoms with Crippen molar-refractivity contribution in [2.75, 3.05) is 14.2 Å². The van der Waals surface area contributed by atoms with Crippen LogP contribution in [0, 0.1) is 17.8 Å². The Bertz CT molecular complexity index is 740. The van der Waals surface area contributed by atoms with Crippen LogP contribution in [-0.4, -0.2) is 88.5 Å². The third kappa shape index (κ3) is 10.3. The number of hydrogen-bond donors (Lipinski definition) is 4. The van der Waals surface area contributed by atoms with E-state index in [0.29, 0.717) is 25.7 Å². The summed E-state index contributed by atoms with van der Waals surface area (Å²) in [5, 5.41) is 29.2. The lowest BCUT2D eigenvalue weighted by Gasteiger charge is -2.38. The zero-order chi connectivity index (χ0) is 24.5. The summed E-state index contributed by atoms with van der Waals surface area (Å²) in [6, 6.07) is -1.06. The molecule has 2 fully saturated rings. The van der Waals surface area contributed by atoms with E-state index >= 15 is 0 Å². The molecule has 2 rings (SSSR count). The van der Waals surface area contributed by atoms with Gasteiger partial charge in [0, 0.05) is 14.2 Å². The minimum atomic E-state index is -1.11. The van der Waals surface area contributed by atoms with Crippen molar-refractivity contribution in [2.45, 2.75) is 75.4 Å². The SMILES string of the molecule is COC1CC(/C=C/C(=O)CC(=O)/C=C/C2CC(OC)C(O)CC2CC(N)C(=O)O)CCC1O.O.O. The summed E-state index contributed by atoms with van der Waals surface area (Å²) in [6.45, 7) is 0. The van der Waals surface area contributed by atoms with E-state index in [0.717, 1.165) is 6.42 Å². The van der Waals surface area contributed by atoms with E-state index < -0.39 is 30.3 Å². The summed E-state index contributed by atoms with van der Waals surface area (Å²) in [5.74, 6) is -2.06. The molecule has 202 valence electrons. The van der Waals surface area contributed by atoms with Crippen LogP contribution >= 0.6 is 0 Å². The van der Waals surface area contributed by atoms with Crippen LogP contribution in [0.4, 0.5) is 0 Å². The van der Waals surface area contributed by atoms with Crippen LogP contribution in [0.15, 0.2) is 24.3 Å². The Kier molecular flexibility index (Phi) is 15.0. The quantitative estimate of drug-likeness (QED) is 0.208. The molecule has 2 aliphatic carbocycles. The molecule has 0 saturated heterocycles. The molecule has 0 radical (unpaired) electrons. The Balaban J connectivity index is 0.00000578. The molecule has 0 heterocycles. The van der Waals surface area contributed by atoms with E-state index in [-0.39, 0.29) is 59.2 Å². The van der Waals surface area contributed by atoms with Gasteiger partial charge < -0.3 is 41.5 Å². The predicted octanol–water partition coefficient (Wildman–Crippen LogP) is -0.642. The third-order valence-electron chi connectivity index (χ3n) is 6.79. The minimum Gasteiger partial charge on any atom is -0.480 e. The summed E-state index contributed by atoms with van der Waals surface area (Å²) in [5.41, 5.74) is 5.69. The van der Waals surface area contributed by atoms with Gasteiger partial charge in [0.05, 0.1) is 30.8 Å². The molecule has 0 aromatic rings. The number of ketones is 2. The summed E-state index contributed by atoms with van der Waals surface area (Å²) < 4.78 is 10.6. The highest BCUT2D eigenvalue weighted by Gasteiger charge is 2.37. The maximum Gasteiger partial charge on any atom is 0.320 e. The molecule has 35 heavy (non-hydrogen) atoms. The molecule has 0 spiro atoms. The second-order valence-corrected chi connectivity index (χ2v) is 9.16. The van der Waals surface area contributed by atoms with Gasteiger partial charge in [0.2, 0.25) is 0 Å². The van der Waals surface area contributed by atoms with E-state index in [1.54, 1.807) is 19.3 Å². The van der Waals surface area contributed by atoms with Crippen LogP contribution in [0.5, 0.6) is 0 Å². The van der Waals surface area contributed by atoms with Crippen molar-refractivity contribution in [2.24, 2.45) is 23.5 Å². The first-order valence-electron chi connectivity index (χ1n) is 11.5. The van der Waals surface area contributed by atoms with Crippen molar-refractivity contribution >= 4 is 17.5 Å². The van der Waals surface area contributed by atoms with Crippen LogP contribution < -0.4 is 5.73 Å². The predicted molar refractivity (Wildman–Crippen MR) is 128 cm³/mol. The molecule has 11 heteroatoms. The van der Waals surface area contributed by atoms with E-state index in [9.17, 15) is 24.6 Å². The average molecular weight is 504 g/mol. The molecule has 2 saturated carbocycles. The van der Waals surface area contributed by atoms with Gasteiger partial charge in [-0.3, -0.25) is 14.4 Å². The van der Waals surface area contributed by atoms with Gasteiger partial charge in [-0.1, -0.05) is 12.2 Å². The third-order valence-corrected chi connectivity index (χ3v) is 6.79. The first-order valence-corrected chi connectivity index (χ1v) is 11.5. The Morgan fingerprint density at radius 1 is 0.914 bits per heavy atom. The van der Waals surface area contributed by atoms with Crippen molar-refractivity contribution in [3.63, 3.8) is 0 Å². The molecular weight excluding hydrogens is 462 g/mol. The molecule has 8 unspecified atom stereocenters. The highest BCUT2D eigenvalue weighted by atomic mass is 16.5. The van der Waals surface area contributed by atoms with Crippen molar-refractivity contribution in [1.29, 1.82) is 0 Å². The zero-order valence-electron chi connectivity index (χ0n) is 20.3. The standard InChI is InChI=1S/C24H37NO8.2H2O/c1-32-22-9-14(4-8-20(22)28)3-6-17(26)13-18(27)7-5-15-12-23(33-2)21(29)11-16(15)10-19(25)24(30)31;;/h3,5-7,14-16,19-23,28-29H,4,8-13,25H2,1-2H3,(H,30,31);2*1H2/b6-3+,7-5+;;. The molecule has 11 nitrogen and oxygen atoms in total. The molecule has 0 bridgehead atoms. The summed E-state index contributed by atoms with van der Waals surface area (Å²) >= 11 is 0. The van der Waals surface area contributed by atoms with E-state index in [1.807, 2.05) is 0 Å². The van der Waals surface area contributed by atoms with E-state index in [4.69, 9.17) is 20.3 Å². The van der Waals surface area contributed by atoms with Crippen molar-refractivity contribution in [3.05, 3.63) is 24.3 Å². The maximum absolute atomic E-state index is 12.3. The number of aliphatic hydroxyl groups is 2. The fourth-order valence-corrected chi connectivity index (χ4v) is 4.78. The monoisotopic (exact) mass is 503 g/mol. The van der Waals surface area contributed by atoms with E-state index in [1.165, 1.54) is 19.3 Å². The van der Waals surface area contributed by atoms with Gasteiger partial charge in [-0.15, -0.1) is 0 Å². The number of hydrogen-bond acceptors (Lipinski definition) is 8. The normalized spacial score (nSPS) is 32.0. The van der Waals surface area contributed by atoms with E-state index in [2.05, 4.69) is 0 Å². The van der Waals surface area contributed by atoms with Crippen molar-refractivity contribution < 1.29 is 50.1 Å². The number of carboxylic acid groups (broad SMARTS) is 1. The highest BCUT2D eigenvalue weighted by molar-refractivity contribution is 6.08. The lowest BCUT2D eigenvalue weighted by atomic mass is 9.73. The number of allylic oxidation sites excluding steroid dienone is 4. The van der Waals surface area contributed by atoms with Crippen molar-refractivity contribution in [1.82, 2.24) is 0 Å². The van der Waals surface area contributed by atoms with Crippen LogP contribution in [0.1, 0.15) is 44.9 Å². The van der Waals surface area contributed by atoms with Gasteiger partial charge in [-0.25, -0.2) is 0 Å². The van der Waals surface area contributed by atoms with Crippen molar-refractivity contribution in [3.8, 4) is 0 Å². The molecule has 9 N–H and O–H groups in total. The number of rotatable bonds is 11. The number of aliphatic hydroxyl groups excluding tert-OH is 2. The van der Waals surface area contributed by atoms with Crippen LogP contribution in [0.3, 0.4) is 0 Å². The number of aliphatic carboxylic acids is 1. The van der Waals surface area contributed by atoms with Crippen LogP contribution in [0.2, 0.25) is 0 Å². The smallest absolute Gasteiger partial charge is 0.320 e. The molecule has 8 atom stereocenters. The first kappa shape index (κ1) is 33.0. The summed E-state index contributed by atoms with van der Waals surface area (Å²) in [4.78, 5) is 35.7. The molecule has 0 aliphatic heterocycles. The fraction of sp³-hybridized carbons (Fsp3) is 0.708. The first-order chi connectivity index (χ1) is 15.6. The molecule has 2 aliphatic rings. The number of methoxy groups -OCH3 is 2. The van der Waals surface area contributed by atoms with Gasteiger partial charge in [0.25, 0.3) is 0 Å². The maximum atomic E-state index is 12.3. The second-order valence-electron chi connectivity index (χ2n) is 9.16. The molecule has 0 amide bonds. The Labute approximate surface area is 205 Å². The molecular formula is C24H41NO10. The summed E-state index contributed by atoms with van der Waals surface area (Å²) in [6.07, 6.45) is 7.02. The topological polar surface area (TPSA) is 219 Å². The lowest BCUT2D eigenvalue weighted by molar-refractivity contribution is -0.139. The largest absolute Gasteiger partial charge is 0.480 e. The zero-order valence-corrected chi connectivity index (χ0v) is 20.3. The number of ether oxygens (including phenoxy) is 2. The van der Waals surface area contributed by atoms with Gasteiger partial charge in [-0.05, 0) is 68.4 Å². The van der Waals surface area contributed by atoms with Gasteiger partial charge >= 0.3 is 5.97 Å². The second kappa shape index (κ2) is 15.9. The van der Waals surface area contributed by atoms with Gasteiger partial charge in [-0.2, -0.15) is 0 Å². The average Bonchev–Trinajstić information content (AvgIpc) is 2.77. The molecule has 0 aromatic heterocycles. The highest BCUT2D eigenvalue weighted by Crippen LogP contribution is 2.35. The van der Waals surface area contributed by atoms with Gasteiger partial charge in [0.15, 0.2) is 11.6 Å². The molecule has 0 aromatic carbocycles. The van der Waals surface area contributed by atoms with Crippen LogP contribution in [-0.2, 0) is 23.9 Å². The Morgan fingerprint density at radius 2 is 1.49 bits per heavy atom. The van der Waals surface area contributed by atoms with Gasteiger partial charge in [0.1, 0.15) is 6.04 Å². The Hall–Kier alpha value is -1.99. The van der Waals surface area contributed by atoms with Crippen LogP contribution in [0.25, 0.3) is 0 Å². The number of carbonyl (C=O) groups is 3. The fourth-order valence-electron chi connectivity index (χ4n) is 4.78.